The summed E-state index contributed by atoms with van der Waals surface area (Å²) in [5, 5.41) is 9.85. The van der Waals surface area contributed by atoms with E-state index in [1.54, 1.807) is 30.3 Å². The Morgan fingerprint density at radius 1 is 1.50 bits per heavy atom. The maximum absolute atomic E-state index is 11.9. The Balaban J connectivity index is 2.81. The van der Waals surface area contributed by atoms with Gasteiger partial charge in [0.05, 0.1) is 0 Å². The number of hydrogen-bond donors (Lipinski definition) is 1. The lowest BCUT2D eigenvalue weighted by Crippen LogP contribution is -2.43. The summed E-state index contributed by atoms with van der Waals surface area (Å²) in [5.41, 5.74) is 0.785. The molecule has 1 rings (SSSR count). The van der Waals surface area contributed by atoms with Crippen LogP contribution in [0.3, 0.4) is 0 Å². The van der Waals surface area contributed by atoms with Gasteiger partial charge >= 0.3 is 5.97 Å². The third-order valence-corrected chi connectivity index (χ3v) is 3.26. The molecule has 0 aromatic heterocycles. The molecule has 0 fully saturated rings. The van der Waals surface area contributed by atoms with E-state index < -0.39 is 12.0 Å². The summed E-state index contributed by atoms with van der Waals surface area (Å²) in [6, 6.07) is 6.09. The summed E-state index contributed by atoms with van der Waals surface area (Å²) in [6.07, 6.45) is 2.66. The maximum atomic E-state index is 11.9. The number of halogens is 1. The second-order valence-electron chi connectivity index (χ2n) is 4.52. The Morgan fingerprint density at radius 2 is 2.20 bits per heavy atom. The molecule has 1 amide bonds. The van der Waals surface area contributed by atoms with Gasteiger partial charge in [-0.2, -0.15) is 0 Å². The van der Waals surface area contributed by atoms with Gasteiger partial charge in [-0.3, -0.25) is 4.79 Å². The van der Waals surface area contributed by atoms with Crippen molar-refractivity contribution in [1.29, 1.82) is 0 Å². The van der Waals surface area contributed by atoms with Crippen LogP contribution in [0.4, 0.5) is 0 Å². The molecule has 1 unspecified atom stereocenters. The minimum atomic E-state index is -1.03. The Kier molecular flexibility index (Phi) is 6.25. The van der Waals surface area contributed by atoms with E-state index in [-0.39, 0.29) is 18.7 Å². The molecule has 0 saturated heterocycles. The second kappa shape index (κ2) is 7.70. The molecule has 0 spiro atoms. The molecule has 1 aromatic rings. The second-order valence-corrected chi connectivity index (χ2v) is 4.96. The number of carboxylic acids is 1. The number of rotatable bonds is 7. The first-order chi connectivity index (χ1) is 9.45. The SMILES string of the molecule is C=CCCC(=O)N(C)C(Cc1cccc(Cl)c1)C(=O)O. The van der Waals surface area contributed by atoms with E-state index in [2.05, 4.69) is 6.58 Å². The standard InChI is InChI=1S/C15H18ClNO3/c1-3-4-8-14(18)17(2)13(15(19)20)10-11-6-5-7-12(16)9-11/h3,5-7,9,13H,1,4,8,10H2,2H3,(H,19,20). The molecule has 1 atom stereocenters. The molecular weight excluding hydrogens is 278 g/mol. The van der Waals surface area contributed by atoms with Gasteiger partial charge in [0.25, 0.3) is 0 Å². The van der Waals surface area contributed by atoms with Crippen LogP contribution in [0, 0.1) is 0 Å². The summed E-state index contributed by atoms with van der Waals surface area (Å²) in [6.45, 7) is 3.55. The van der Waals surface area contributed by atoms with Crippen LogP contribution in [0.25, 0.3) is 0 Å². The molecule has 0 radical (unpaired) electrons. The summed E-state index contributed by atoms with van der Waals surface area (Å²) < 4.78 is 0. The van der Waals surface area contributed by atoms with Crippen LogP contribution in [0.15, 0.2) is 36.9 Å². The molecular formula is C15H18ClNO3. The average Bonchev–Trinajstić information content (AvgIpc) is 2.41. The molecule has 0 aliphatic heterocycles. The molecule has 0 heterocycles. The van der Waals surface area contributed by atoms with Gasteiger partial charge in [0.1, 0.15) is 6.04 Å². The zero-order valence-electron chi connectivity index (χ0n) is 11.4. The zero-order valence-corrected chi connectivity index (χ0v) is 12.1. The molecule has 1 N–H and O–H groups in total. The average molecular weight is 296 g/mol. The van der Waals surface area contributed by atoms with Crippen LogP contribution < -0.4 is 0 Å². The van der Waals surface area contributed by atoms with Gasteiger partial charge < -0.3 is 10.0 Å². The van der Waals surface area contributed by atoms with Crippen molar-refractivity contribution in [3.8, 4) is 0 Å². The molecule has 108 valence electrons. The lowest BCUT2D eigenvalue weighted by Gasteiger charge is -2.25. The van der Waals surface area contributed by atoms with Crippen molar-refractivity contribution in [1.82, 2.24) is 4.90 Å². The minimum Gasteiger partial charge on any atom is -0.480 e. The van der Waals surface area contributed by atoms with Gasteiger partial charge in [-0.25, -0.2) is 4.79 Å². The van der Waals surface area contributed by atoms with E-state index >= 15 is 0 Å². The minimum absolute atomic E-state index is 0.209. The predicted molar refractivity (Wildman–Crippen MR) is 78.8 cm³/mol. The molecule has 20 heavy (non-hydrogen) atoms. The van der Waals surface area contributed by atoms with E-state index in [0.717, 1.165) is 5.56 Å². The van der Waals surface area contributed by atoms with E-state index in [0.29, 0.717) is 11.4 Å². The fourth-order valence-electron chi connectivity index (χ4n) is 1.85. The Bertz CT molecular complexity index is 502. The number of allylic oxidation sites excluding steroid dienone is 1. The number of benzene rings is 1. The summed E-state index contributed by atoms with van der Waals surface area (Å²) in [4.78, 5) is 24.5. The summed E-state index contributed by atoms with van der Waals surface area (Å²) >= 11 is 5.88. The normalized spacial score (nSPS) is 11.7. The lowest BCUT2D eigenvalue weighted by atomic mass is 10.0. The molecule has 0 aliphatic rings. The van der Waals surface area contributed by atoms with Crippen LogP contribution in [0.1, 0.15) is 18.4 Å². The van der Waals surface area contributed by atoms with Crippen LogP contribution in [-0.4, -0.2) is 35.0 Å². The van der Waals surface area contributed by atoms with Crippen LogP contribution in [-0.2, 0) is 16.0 Å². The number of carbonyl (C=O) groups is 2. The lowest BCUT2D eigenvalue weighted by molar-refractivity contribution is -0.148. The highest BCUT2D eigenvalue weighted by molar-refractivity contribution is 6.30. The van der Waals surface area contributed by atoms with Crippen LogP contribution >= 0.6 is 11.6 Å². The summed E-state index contributed by atoms with van der Waals surface area (Å²) in [5.74, 6) is -1.24. The van der Waals surface area contributed by atoms with Crippen molar-refractivity contribution in [2.45, 2.75) is 25.3 Å². The van der Waals surface area contributed by atoms with Crippen molar-refractivity contribution >= 4 is 23.5 Å². The molecule has 0 bridgehead atoms. The topological polar surface area (TPSA) is 57.6 Å². The Labute approximate surface area is 123 Å². The van der Waals surface area contributed by atoms with Gasteiger partial charge in [0.15, 0.2) is 0 Å². The Morgan fingerprint density at radius 3 is 2.75 bits per heavy atom. The largest absolute Gasteiger partial charge is 0.480 e. The van der Waals surface area contributed by atoms with Crippen molar-refractivity contribution in [2.75, 3.05) is 7.05 Å². The number of hydrogen-bond acceptors (Lipinski definition) is 2. The Hall–Kier alpha value is -1.81. The van der Waals surface area contributed by atoms with Gasteiger partial charge in [-0.1, -0.05) is 29.8 Å². The first-order valence-corrected chi connectivity index (χ1v) is 6.67. The number of amides is 1. The quantitative estimate of drug-likeness (QED) is 0.787. The maximum Gasteiger partial charge on any atom is 0.326 e. The monoisotopic (exact) mass is 295 g/mol. The third kappa shape index (κ3) is 4.70. The first kappa shape index (κ1) is 16.2. The smallest absolute Gasteiger partial charge is 0.326 e. The van der Waals surface area contributed by atoms with Crippen LogP contribution in [0.5, 0.6) is 0 Å². The first-order valence-electron chi connectivity index (χ1n) is 6.29. The third-order valence-electron chi connectivity index (χ3n) is 3.03. The van der Waals surface area contributed by atoms with E-state index in [4.69, 9.17) is 11.6 Å². The van der Waals surface area contributed by atoms with E-state index in [9.17, 15) is 14.7 Å². The number of aliphatic carboxylic acids is 1. The van der Waals surface area contributed by atoms with Crippen molar-refractivity contribution in [3.05, 3.63) is 47.5 Å². The molecule has 1 aromatic carbocycles. The fourth-order valence-corrected chi connectivity index (χ4v) is 2.07. The van der Waals surface area contributed by atoms with Gasteiger partial charge in [-0.15, -0.1) is 6.58 Å². The van der Waals surface area contributed by atoms with E-state index in [1.165, 1.54) is 11.9 Å². The molecule has 5 heteroatoms. The number of carboxylic acid groups (broad SMARTS) is 1. The number of carbonyl (C=O) groups excluding carboxylic acids is 1. The zero-order chi connectivity index (χ0) is 15.1. The van der Waals surface area contributed by atoms with Gasteiger partial charge in [0.2, 0.25) is 5.91 Å². The highest BCUT2D eigenvalue weighted by Gasteiger charge is 2.26. The predicted octanol–water partition coefficient (Wildman–Crippen LogP) is 2.76. The number of nitrogens with zero attached hydrogens (tertiary/aromatic N) is 1. The van der Waals surface area contributed by atoms with E-state index in [1.807, 2.05) is 0 Å². The summed E-state index contributed by atoms with van der Waals surface area (Å²) in [7, 11) is 1.51. The van der Waals surface area contributed by atoms with Crippen molar-refractivity contribution in [3.63, 3.8) is 0 Å². The highest BCUT2D eigenvalue weighted by Crippen LogP contribution is 2.15. The molecule has 0 aliphatic carbocycles. The van der Waals surface area contributed by atoms with Crippen LogP contribution in [0.2, 0.25) is 5.02 Å². The van der Waals surface area contributed by atoms with Gasteiger partial charge in [-0.05, 0) is 24.1 Å². The number of likely N-dealkylation sites (N-methyl/N-ethyl adjacent to an activating group) is 1. The van der Waals surface area contributed by atoms with Crippen molar-refractivity contribution < 1.29 is 14.7 Å². The van der Waals surface area contributed by atoms with Gasteiger partial charge in [0, 0.05) is 24.9 Å². The highest BCUT2D eigenvalue weighted by atomic mass is 35.5. The molecule has 4 nitrogen and oxygen atoms in total. The fraction of sp³-hybridized carbons (Fsp3) is 0.333. The van der Waals surface area contributed by atoms with Crippen molar-refractivity contribution in [2.24, 2.45) is 0 Å². The molecule has 0 saturated carbocycles.